The smallest absolute Gasteiger partial charge is 0.221 e. The molecule has 0 aliphatic carbocycles. The number of carbonyl (C=O) groups is 2. The molecule has 0 bridgehead atoms. The minimum absolute atomic E-state index is 0.00932. The summed E-state index contributed by atoms with van der Waals surface area (Å²) in [7, 11) is 1.82. The third-order valence-corrected chi connectivity index (χ3v) is 5.27. The van der Waals surface area contributed by atoms with Crippen molar-refractivity contribution in [3.8, 4) is 11.5 Å². The molecular formula is C24H24FN3O4. The molecule has 166 valence electrons. The van der Waals surface area contributed by atoms with E-state index in [-0.39, 0.29) is 30.3 Å². The van der Waals surface area contributed by atoms with Gasteiger partial charge in [0.2, 0.25) is 5.91 Å². The molecule has 1 aliphatic heterocycles. The van der Waals surface area contributed by atoms with Gasteiger partial charge in [-0.15, -0.1) is 0 Å². The summed E-state index contributed by atoms with van der Waals surface area (Å²) >= 11 is 0. The fraction of sp³-hybridized carbons (Fsp3) is 0.292. The molecule has 1 aromatic heterocycles. The molecule has 1 amide bonds. The number of nitrogens with one attached hydrogen (secondary N) is 1. The number of carbonyl (C=O) groups excluding carboxylic acids is 2. The van der Waals surface area contributed by atoms with Gasteiger partial charge in [0.05, 0.1) is 13.2 Å². The molecule has 0 saturated heterocycles. The summed E-state index contributed by atoms with van der Waals surface area (Å²) in [4.78, 5) is 29.7. The lowest BCUT2D eigenvalue weighted by Gasteiger charge is -2.19. The Balaban J connectivity index is 1.42. The number of nitrogens with zero attached hydrogens (tertiary/aromatic N) is 2. The van der Waals surface area contributed by atoms with Gasteiger partial charge in [0.25, 0.3) is 0 Å². The first-order valence-electron chi connectivity index (χ1n) is 10.5. The highest BCUT2D eigenvalue weighted by Gasteiger charge is 2.22. The molecule has 7 nitrogen and oxygen atoms in total. The van der Waals surface area contributed by atoms with Gasteiger partial charge in [-0.05, 0) is 35.9 Å². The number of amides is 1. The Morgan fingerprint density at radius 3 is 2.56 bits per heavy atom. The van der Waals surface area contributed by atoms with Crippen molar-refractivity contribution in [2.24, 2.45) is 7.05 Å². The minimum atomic E-state index is -0.559. The Bertz CT molecular complexity index is 1110. The molecule has 0 saturated carbocycles. The molecular weight excluding hydrogens is 413 g/mol. The molecule has 4 rings (SSSR count). The third kappa shape index (κ3) is 4.96. The van der Waals surface area contributed by atoms with Gasteiger partial charge in [0.15, 0.2) is 17.3 Å². The van der Waals surface area contributed by atoms with E-state index < -0.39 is 6.04 Å². The maximum absolute atomic E-state index is 13.4. The number of halogens is 1. The van der Waals surface area contributed by atoms with Gasteiger partial charge in [0, 0.05) is 44.3 Å². The van der Waals surface area contributed by atoms with Crippen LogP contribution in [0.25, 0.3) is 0 Å². The van der Waals surface area contributed by atoms with Crippen molar-refractivity contribution in [2.45, 2.75) is 25.3 Å². The van der Waals surface area contributed by atoms with Crippen molar-refractivity contribution in [3.05, 3.63) is 77.6 Å². The van der Waals surface area contributed by atoms with Gasteiger partial charge >= 0.3 is 0 Å². The first-order valence-corrected chi connectivity index (χ1v) is 10.5. The van der Waals surface area contributed by atoms with Gasteiger partial charge in [-0.1, -0.05) is 12.1 Å². The SMILES string of the molecule is Cn1ccnc1C(NC(=O)CCC(=O)c1ccc2c(c1)OCCCO2)c1ccc(F)cc1. The topological polar surface area (TPSA) is 82.5 Å². The summed E-state index contributed by atoms with van der Waals surface area (Å²) in [6.07, 6.45) is 4.23. The van der Waals surface area contributed by atoms with Crippen LogP contribution in [-0.2, 0) is 11.8 Å². The molecule has 3 aromatic rings. The van der Waals surface area contributed by atoms with E-state index in [0.717, 1.165) is 6.42 Å². The summed E-state index contributed by atoms with van der Waals surface area (Å²) in [6.45, 7) is 1.11. The van der Waals surface area contributed by atoms with Gasteiger partial charge in [0.1, 0.15) is 17.7 Å². The average molecular weight is 437 g/mol. The number of hydrogen-bond donors (Lipinski definition) is 1. The quantitative estimate of drug-likeness (QED) is 0.572. The van der Waals surface area contributed by atoms with Crippen molar-refractivity contribution < 1.29 is 23.5 Å². The summed E-state index contributed by atoms with van der Waals surface area (Å²) in [6, 6.07) is 10.4. The normalized spacial score (nSPS) is 13.8. The summed E-state index contributed by atoms with van der Waals surface area (Å²) < 4.78 is 26.4. The van der Waals surface area contributed by atoms with Crippen LogP contribution in [0.3, 0.4) is 0 Å². The second kappa shape index (κ2) is 9.64. The molecule has 0 radical (unpaired) electrons. The van der Waals surface area contributed by atoms with E-state index in [2.05, 4.69) is 10.3 Å². The molecule has 2 heterocycles. The number of ether oxygens (including phenoxy) is 2. The highest BCUT2D eigenvalue weighted by atomic mass is 19.1. The highest BCUT2D eigenvalue weighted by Crippen LogP contribution is 2.31. The lowest BCUT2D eigenvalue weighted by molar-refractivity contribution is -0.121. The maximum Gasteiger partial charge on any atom is 0.221 e. The Kier molecular flexibility index (Phi) is 6.49. The van der Waals surface area contributed by atoms with E-state index in [9.17, 15) is 14.0 Å². The van der Waals surface area contributed by atoms with Gasteiger partial charge in [-0.2, -0.15) is 0 Å². The molecule has 1 unspecified atom stereocenters. The first kappa shape index (κ1) is 21.5. The van der Waals surface area contributed by atoms with Crippen LogP contribution in [0.15, 0.2) is 54.9 Å². The van der Waals surface area contributed by atoms with Crippen LogP contribution in [0.2, 0.25) is 0 Å². The molecule has 32 heavy (non-hydrogen) atoms. The number of rotatable bonds is 7. The molecule has 1 aliphatic rings. The fourth-order valence-corrected chi connectivity index (χ4v) is 3.55. The van der Waals surface area contributed by atoms with E-state index in [1.807, 2.05) is 7.05 Å². The lowest BCUT2D eigenvalue weighted by atomic mass is 10.0. The van der Waals surface area contributed by atoms with E-state index in [4.69, 9.17) is 9.47 Å². The number of aryl methyl sites for hydroxylation is 1. The monoisotopic (exact) mass is 437 g/mol. The van der Waals surface area contributed by atoms with E-state index in [1.165, 1.54) is 12.1 Å². The van der Waals surface area contributed by atoms with Crippen LogP contribution in [0.4, 0.5) is 4.39 Å². The Labute approximate surface area is 185 Å². The minimum Gasteiger partial charge on any atom is -0.490 e. The molecule has 1 N–H and O–H groups in total. The van der Waals surface area contributed by atoms with Crippen LogP contribution in [-0.4, -0.2) is 34.5 Å². The average Bonchev–Trinajstić information content (AvgIpc) is 3.08. The number of imidazole rings is 1. The van der Waals surface area contributed by atoms with Gasteiger partial charge in [-0.25, -0.2) is 9.37 Å². The number of fused-ring (bicyclic) bond motifs is 1. The van der Waals surface area contributed by atoms with Crippen molar-refractivity contribution in [3.63, 3.8) is 0 Å². The molecule has 1 atom stereocenters. The van der Waals surface area contributed by atoms with Crippen LogP contribution in [0, 0.1) is 5.82 Å². The Morgan fingerprint density at radius 2 is 1.84 bits per heavy atom. The maximum atomic E-state index is 13.4. The molecule has 0 fully saturated rings. The van der Waals surface area contributed by atoms with Crippen LogP contribution in [0.5, 0.6) is 11.5 Å². The second-order valence-corrected chi connectivity index (χ2v) is 7.58. The van der Waals surface area contributed by atoms with Gasteiger partial charge < -0.3 is 19.4 Å². The predicted molar refractivity (Wildman–Crippen MR) is 115 cm³/mol. The zero-order valence-electron chi connectivity index (χ0n) is 17.7. The van der Waals surface area contributed by atoms with E-state index in [1.54, 1.807) is 47.3 Å². The number of aromatic nitrogens is 2. The zero-order valence-corrected chi connectivity index (χ0v) is 17.7. The number of benzene rings is 2. The Hall–Kier alpha value is -3.68. The number of hydrogen-bond acceptors (Lipinski definition) is 5. The van der Waals surface area contributed by atoms with Crippen molar-refractivity contribution in [1.82, 2.24) is 14.9 Å². The van der Waals surface area contributed by atoms with Crippen LogP contribution < -0.4 is 14.8 Å². The highest BCUT2D eigenvalue weighted by molar-refractivity contribution is 5.98. The van der Waals surface area contributed by atoms with Crippen LogP contribution >= 0.6 is 0 Å². The Morgan fingerprint density at radius 1 is 1.09 bits per heavy atom. The zero-order chi connectivity index (χ0) is 22.5. The van der Waals surface area contributed by atoms with Crippen molar-refractivity contribution in [2.75, 3.05) is 13.2 Å². The van der Waals surface area contributed by atoms with E-state index >= 15 is 0 Å². The largest absolute Gasteiger partial charge is 0.490 e. The predicted octanol–water partition coefficient (Wildman–Crippen LogP) is 3.59. The lowest BCUT2D eigenvalue weighted by Crippen LogP contribution is -2.31. The summed E-state index contributed by atoms with van der Waals surface area (Å²) in [5, 5.41) is 2.92. The first-order chi connectivity index (χ1) is 15.5. The van der Waals surface area contributed by atoms with Gasteiger partial charge in [-0.3, -0.25) is 9.59 Å². The standard InChI is InChI=1S/C24H24FN3O4/c1-28-12-11-26-24(28)23(16-3-6-18(25)7-4-16)27-22(30)10-8-19(29)17-5-9-20-21(15-17)32-14-2-13-31-20/h3-7,9,11-12,15,23H,2,8,10,13-14H2,1H3,(H,27,30). The number of ketones is 1. The number of Topliss-reactive ketones (excluding diaryl/α,β-unsaturated/α-hetero) is 1. The summed E-state index contributed by atoms with van der Waals surface area (Å²) in [5.74, 6) is 0.952. The van der Waals surface area contributed by atoms with E-state index in [0.29, 0.717) is 41.7 Å². The van der Waals surface area contributed by atoms with Crippen molar-refractivity contribution >= 4 is 11.7 Å². The molecule has 2 aromatic carbocycles. The molecule has 8 heteroatoms. The van der Waals surface area contributed by atoms with Crippen LogP contribution in [0.1, 0.15) is 47.1 Å². The second-order valence-electron chi connectivity index (χ2n) is 7.58. The molecule has 0 spiro atoms. The third-order valence-electron chi connectivity index (χ3n) is 5.27. The summed E-state index contributed by atoms with van der Waals surface area (Å²) in [5.41, 5.74) is 1.17. The fourth-order valence-electron chi connectivity index (χ4n) is 3.55. The van der Waals surface area contributed by atoms with Crippen molar-refractivity contribution in [1.29, 1.82) is 0 Å².